The third-order valence-corrected chi connectivity index (χ3v) is 4.53. The lowest BCUT2D eigenvalue weighted by molar-refractivity contribution is 0.0936. The summed E-state index contributed by atoms with van der Waals surface area (Å²) in [6.07, 6.45) is 6.21. The Balaban J connectivity index is 1.80. The molecule has 1 aliphatic rings. The van der Waals surface area contributed by atoms with Crippen LogP contribution in [0.25, 0.3) is 10.9 Å². The highest BCUT2D eigenvalue weighted by atomic mass is 16.3. The zero-order chi connectivity index (χ0) is 15.5. The molecule has 0 saturated carbocycles. The number of aryl methyl sites for hydroxylation is 2. The van der Waals surface area contributed by atoms with Crippen LogP contribution >= 0.6 is 0 Å². The summed E-state index contributed by atoms with van der Waals surface area (Å²) >= 11 is 0. The minimum Gasteiger partial charge on any atom is -0.396 e. The van der Waals surface area contributed by atoms with Crippen molar-refractivity contribution < 1.29 is 9.90 Å². The Bertz CT molecular complexity index is 675. The molecule has 0 saturated heterocycles. The molecule has 0 radical (unpaired) electrons. The molecule has 22 heavy (non-hydrogen) atoms. The van der Waals surface area contributed by atoms with E-state index in [-0.39, 0.29) is 18.6 Å². The number of benzene rings is 1. The number of aliphatic hydroxyl groups is 1. The Morgan fingerprint density at radius 2 is 2.18 bits per heavy atom. The molecular weight excluding hydrogens is 276 g/mol. The van der Waals surface area contributed by atoms with Crippen LogP contribution in [-0.4, -0.2) is 28.6 Å². The monoisotopic (exact) mass is 300 g/mol. The van der Waals surface area contributed by atoms with Gasteiger partial charge in [-0.25, -0.2) is 0 Å². The van der Waals surface area contributed by atoms with Crippen molar-refractivity contribution in [2.45, 2.75) is 51.5 Å². The number of hydrogen-bond acceptors (Lipinski definition) is 2. The third-order valence-electron chi connectivity index (χ3n) is 4.53. The smallest absolute Gasteiger partial charge is 0.251 e. The molecule has 3 N–H and O–H groups in total. The molecule has 0 bridgehead atoms. The number of aromatic amines is 1. The quantitative estimate of drug-likeness (QED) is 0.795. The van der Waals surface area contributed by atoms with E-state index in [1.165, 1.54) is 29.5 Å². The van der Waals surface area contributed by atoms with Gasteiger partial charge in [-0.1, -0.05) is 0 Å². The SMILES string of the molecule is CC(CCCO)NC(=O)c1ccc2[nH]c3c(c2c1)CCCC3. The lowest BCUT2D eigenvalue weighted by atomic mass is 9.95. The number of aliphatic hydroxyl groups excluding tert-OH is 1. The van der Waals surface area contributed by atoms with E-state index in [9.17, 15) is 4.79 Å². The van der Waals surface area contributed by atoms with Gasteiger partial charge in [0.05, 0.1) is 0 Å². The van der Waals surface area contributed by atoms with Crippen molar-refractivity contribution in [1.82, 2.24) is 10.3 Å². The van der Waals surface area contributed by atoms with Gasteiger partial charge in [-0.15, -0.1) is 0 Å². The van der Waals surface area contributed by atoms with E-state index < -0.39 is 0 Å². The second-order valence-electron chi connectivity index (χ2n) is 6.29. The highest BCUT2D eigenvalue weighted by Gasteiger charge is 2.17. The van der Waals surface area contributed by atoms with Crippen molar-refractivity contribution in [1.29, 1.82) is 0 Å². The second-order valence-corrected chi connectivity index (χ2v) is 6.29. The van der Waals surface area contributed by atoms with Gasteiger partial charge in [0.1, 0.15) is 0 Å². The zero-order valence-corrected chi connectivity index (χ0v) is 13.1. The minimum atomic E-state index is -0.0295. The number of rotatable bonds is 5. The molecule has 2 aromatic rings. The molecule has 0 aliphatic heterocycles. The molecule has 118 valence electrons. The summed E-state index contributed by atoms with van der Waals surface area (Å²) in [4.78, 5) is 15.9. The lowest BCUT2D eigenvalue weighted by Crippen LogP contribution is -2.32. The number of carbonyl (C=O) groups is 1. The minimum absolute atomic E-state index is 0.0295. The topological polar surface area (TPSA) is 65.1 Å². The molecule has 0 fully saturated rings. The average molecular weight is 300 g/mol. The number of aromatic nitrogens is 1. The van der Waals surface area contributed by atoms with Gasteiger partial charge >= 0.3 is 0 Å². The maximum absolute atomic E-state index is 12.4. The molecule has 1 heterocycles. The van der Waals surface area contributed by atoms with Gasteiger partial charge in [-0.05, 0) is 69.2 Å². The van der Waals surface area contributed by atoms with E-state index in [0.717, 1.165) is 30.3 Å². The number of hydrogen-bond donors (Lipinski definition) is 3. The van der Waals surface area contributed by atoms with Crippen LogP contribution in [0, 0.1) is 0 Å². The number of nitrogens with one attached hydrogen (secondary N) is 2. The Morgan fingerprint density at radius 1 is 1.36 bits per heavy atom. The molecule has 3 rings (SSSR count). The van der Waals surface area contributed by atoms with Crippen LogP contribution in [0.4, 0.5) is 0 Å². The van der Waals surface area contributed by atoms with Crippen LogP contribution in [-0.2, 0) is 12.8 Å². The van der Waals surface area contributed by atoms with Crippen LogP contribution in [0.1, 0.15) is 54.2 Å². The van der Waals surface area contributed by atoms with Gasteiger partial charge in [-0.2, -0.15) is 0 Å². The van der Waals surface area contributed by atoms with Crippen molar-refractivity contribution in [2.24, 2.45) is 0 Å². The molecule has 0 spiro atoms. The highest BCUT2D eigenvalue weighted by molar-refractivity contribution is 5.99. The van der Waals surface area contributed by atoms with E-state index in [1.54, 1.807) is 0 Å². The Kier molecular flexibility index (Phi) is 4.48. The van der Waals surface area contributed by atoms with E-state index in [1.807, 2.05) is 25.1 Å². The predicted octanol–water partition coefficient (Wildman–Crippen LogP) is 2.94. The molecule has 1 unspecified atom stereocenters. The third kappa shape index (κ3) is 3.02. The van der Waals surface area contributed by atoms with Crippen molar-refractivity contribution in [3.05, 3.63) is 35.0 Å². The van der Waals surface area contributed by atoms with Crippen molar-refractivity contribution in [2.75, 3.05) is 6.61 Å². The summed E-state index contributed by atoms with van der Waals surface area (Å²) in [5.41, 5.74) is 4.59. The summed E-state index contributed by atoms with van der Waals surface area (Å²) in [6, 6.07) is 6.00. The van der Waals surface area contributed by atoms with Crippen molar-refractivity contribution in [3.8, 4) is 0 Å². The van der Waals surface area contributed by atoms with Crippen molar-refractivity contribution in [3.63, 3.8) is 0 Å². The maximum atomic E-state index is 12.4. The zero-order valence-electron chi connectivity index (χ0n) is 13.1. The first-order valence-electron chi connectivity index (χ1n) is 8.24. The number of fused-ring (bicyclic) bond motifs is 3. The summed E-state index contributed by atoms with van der Waals surface area (Å²) in [5.74, 6) is -0.0295. The van der Waals surface area contributed by atoms with E-state index in [4.69, 9.17) is 5.11 Å². The Labute approximate surface area is 130 Å². The molecular formula is C18H24N2O2. The first-order chi connectivity index (χ1) is 10.7. The summed E-state index contributed by atoms with van der Waals surface area (Å²) in [7, 11) is 0. The summed E-state index contributed by atoms with van der Waals surface area (Å²) < 4.78 is 0. The number of carbonyl (C=O) groups excluding carboxylic acids is 1. The Morgan fingerprint density at radius 3 is 3.00 bits per heavy atom. The van der Waals surface area contributed by atoms with Crippen LogP contribution in [0.3, 0.4) is 0 Å². The fourth-order valence-electron chi connectivity index (χ4n) is 3.32. The normalized spacial score (nSPS) is 15.5. The first kappa shape index (κ1) is 15.1. The van der Waals surface area contributed by atoms with E-state index >= 15 is 0 Å². The molecule has 1 amide bonds. The Hall–Kier alpha value is -1.81. The fourth-order valence-corrected chi connectivity index (χ4v) is 3.32. The van der Waals surface area contributed by atoms with Gasteiger partial charge < -0.3 is 15.4 Å². The number of amides is 1. The van der Waals surface area contributed by atoms with Gasteiger partial charge in [0, 0.05) is 34.8 Å². The van der Waals surface area contributed by atoms with Gasteiger partial charge in [0.25, 0.3) is 5.91 Å². The highest BCUT2D eigenvalue weighted by Crippen LogP contribution is 2.29. The van der Waals surface area contributed by atoms with Crippen LogP contribution < -0.4 is 5.32 Å². The first-order valence-corrected chi connectivity index (χ1v) is 8.24. The maximum Gasteiger partial charge on any atom is 0.251 e. The molecule has 1 aliphatic carbocycles. The standard InChI is InChI=1S/C18H24N2O2/c1-12(5-4-10-21)19-18(22)13-8-9-17-15(11-13)14-6-2-3-7-16(14)20-17/h8-9,11-12,20-21H,2-7,10H2,1H3,(H,19,22). The fraction of sp³-hybridized carbons (Fsp3) is 0.500. The van der Waals surface area contributed by atoms with Gasteiger partial charge in [0.2, 0.25) is 0 Å². The second kappa shape index (κ2) is 6.53. The largest absolute Gasteiger partial charge is 0.396 e. The molecule has 1 aromatic heterocycles. The molecule has 4 nitrogen and oxygen atoms in total. The van der Waals surface area contributed by atoms with Crippen LogP contribution in [0.15, 0.2) is 18.2 Å². The average Bonchev–Trinajstić information content (AvgIpc) is 2.90. The van der Waals surface area contributed by atoms with Gasteiger partial charge in [0.15, 0.2) is 0 Å². The van der Waals surface area contributed by atoms with E-state index in [2.05, 4.69) is 10.3 Å². The predicted molar refractivity (Wildman–Crippen MR) is 88.2 cm³/mol. The molecule has 4 heteroatoms. The summed E-state index contributed by atoms with van der Waals surface area (Å²) in [5, 5.41) is 13.1. The van der Waals surface area contributed by atoms with Crippen LogP contribution in [0.5, 0.6) is 0 Å². The lowest BCUT2D eigenvalue weighted by Gasteiger charge is -2.13. The van der Waals surface area contributed by atoms with Crippen molar-refractivity contribution >= 4 is 16.8 Å². The summed E-state index contributed by atoms with van der Waals surface area (Å²) in [6.45, 7) is 2.14. The number of H-pyrrole nitrogens is 1. The molecule has 1 atom stereocenters. The van der Waals surface area contributed by atoms with E-state index in [0.29, 0.717) is 6.42 Å². The molecule has 1 aromatic carbocycles. The van der Waals surface area contributed by atoms with Crippen LogP contribution in [0.2, 0.25) is 0 Å². The van der Waals surface area contributed by atoms with Gasteiger partial charge in [-0.3, -0.25) is 4.79 Å².